The second-order valence-electron chi connectivity index (χ2n) is 14.1. The number of unbranched alkanes of at least 4 members (excludes halogenated alkanes) is 1. The Bertz CT molecular complexity index is 1250. The third-order valence-electron chi connectivity index (χ3n) is 12.8. The van der Waals surface area contributed by atoms with Crippen molar-refractivity contribution in [2.24, 2.45) is 23.2 Å². The maximum atomic E-state index is 3.85. The molecule has 2 saturated carbocycles. The fourth-order valence-corrected chi connectivity index (χ4v) is 10.8. The molecule has 2 aromatic carbocycles. The lowest BCUT2D eigenvalue weighted by Crippen LogP contribution is -2.62. The molecule has 4 bridgehead atoms. The summed E-state index contributed by atoms with van der Waals surface area (Å²) in [6, 6.07) is 12.5. The van der Waals surface area contributed by atoms with E-state index in [-0.39, 0.29) is 10.8 Å². The molecule has 2 nitrogen and oxygen atoms in total. The first-order chi connectivity index (χ1) is 18.3. The number of nitrogens with zero attached hydrogens (tertiary/aromatic N) is 2. The first-order valence-electron chi connectivity index (χ1n) is 15.8. The third kappa shape index (κ3) is 3.18. The van der Waals surface area contributed by atoms with Gasteiger partial charge in [0.2, 0.25) is 0 Å². The van der Waals surface area contributed by atoms with Gasteiger partial charge in [0, 0.05) is 28.0 Å². The molecule has 0 aromatic heterocycles. The lowest BCUT2D eigenvalue weighted by molar-refractivity contribution is 0.0668. The van der Waals surface area contributed by atoms with Gasteiger partial charge in [-0.05, 0) is 115 Å². The maximum Gasteiger partial charge on any atom is 0.112 e. The minimum atomic E-state index is 0.123. The van der Waals surface area contributed by atoms with Crippen LogP contribution in [0.25, 0.3) is 0 Å². The molecule has 38 heavy (non-hydrogen) atoms. The number of hydrogen-bond acceptors (Lipinski definition) is 2. The highest BCUT2D eigenvalue weighted by atomic mass is 79.9. The summed E-state index contributed by atoms with van der Waals surface area (Å²) in [5.41, 5.74) is 9.60. The summed E-state index contributed by atoms with van der Waals surface area (Å²) in [4.78, 5) is 5.44. The maximum absolute atomic E-state index is 3.85. The molecule has 2 fully saturated rings. The fourth-order valence-electron chi connectivity index (χ4n) is 10.5. The summed E-state index contributed by atoms with van der Waals surface area (Å²) >= 11 is 3.85. The summed E-state index contributed by atoms with van der Waals surface area (Å²) in [5, 5.41) is 0. The Hall–Kier alpha value is -1.48. The summed E-state index contributed by atoms with van der Waals surface area (Å²) in [7, 11) is 2.39. The summed E-state index contributed by atoms with van der Waals surface area (Å²) < 4.78 is 1.19. The first kappa shape index (κ1) is 25.5. The summed E-state index contributed by atoms with van der Waals surface area (Å²) in [6.45, 7) is 12.3. The molecular formula is C35H47BrN2. The van der Waals surface area contributed by atoms with Gasteiger partial charge in [-0.2, -0.15) is 0 Å². The van der Waals surface area contributed by atoms with Crippen molar-refractivity contribution in [2.45, 2.75) is 116 Å². The van der Waals surface area contributed by atoms with Crippen LogP contribution in [0.1, 0.15) is 121 Å². The predicted octanol–water partition coefficient (Wildman–Crippen LogP) is 10.3. The van der Waals surface area contributed by atoms with Gasteiger partial charge in [-0.1, -0.05) is 69.5 Å². The number of halogens is 1. The van der Waals surface area contributed by atoms with E-state index in [0.29, 0.717) is 6.17 Å². The van der Waals surface area contributed by atoms with Gasteiger partial charge >= 0.3 is 0 Å². The van der Waals surface area contributed by atoms with Crippen molar-refractivity contribution in [1.29, 1.82) is 0 Å². The zero-order valence-electron chi connectivity index (χ0n) is 24.5. The van der Waals surface area contributed by atoms with Gasteiger partial charge in [-0.25, -0.2) is 0 Å². The van der Waals surface area contributed by atoms with E-state index in [1.165, 1.54) is 78.5 Å². The molecule has 8 rings (SSSR count). The van der Waals surface area contributed by atoms with Crippen LogP contribution in [0.5, 0.6) is 0 Å². The van der Waals surface area contributed by atoms with Gasteiger partial charge in [0.15, 0.2) is 0 Å². The highest BCUT2D eigenvalue weighted by Gasteiger charge is 2.60. The lowest BCUT2D eigenvalue weighted by atomic mass is 9.55. The Morgan fingerprint density at radius 1 is 0.842 bits per heavy atom. The Labute approximate surface area is 239 Å². The molecular weight excluding hydrogens is 528 g/mol. The van der Waals surface area contributed by atoms with E-state index < -0.39 is 0 Å². The second-order valence-corrected chi connectivity index (χ2v) is 15.0. The lowest BCUT2D eigenvalue weighted by Gasteiger charge is -2.58. The van der Waals surface area contributed by atoms with Crippen LogP contribution >= 0.6 is 15.9 Å². The van der Waals surface area contributed by atoms with Crippen LogP contribution in [0, 0.1) is 23.2 Å². The molecule has 3 heteroatoms. The van der Waals surface area contributed by atoms with Gasteiger partial charge in [0.1, 0.15) is 6.17 Å². The van der Waals surface area contributed by atoms with Gasteiger partial charge in [-0.15, -0.1) is 0 Å². The van der Waals surface area contributed by atoms with E-state index in [1.807, 2.05) is 0 Å². The highest BCUT2D eigenvalue weighted by Crippen LogP contribution is 2.65. The normalized spacial score (nSPS) is 38.1. The van der Waals surface area contributed by atoms with Gasteiger partial charge < -0.3 is 9.80 Å². The molecule has 204 valence electrons. The van der Waals surface area contributed by atoms with Crippen molar-refractivity contribution < 1.29 is 0 Å². The number of benzene rings is 2. The van der Waals surface area contributed by atoms with Crippen molar-refractivity contribution >= 4 is 33.0 Å². The monoisotopic (exact) mass is 574 g/mol. The van der Waals surface area contributed by atoms with E-state index in [2.05, 4.69) is 97.7 Å². The van der Waals surface area contributed by atoms with Crippen LogP contribution in [-0.2, 0) is 5.41 Å². The molecule has 4 aliphatic carbocycles. The smallest absolute Gasteiger partial charge is 0.112 e. The Morgan fingerprint density at radius 2 is 1.47 bits per heavy atom. The van der Waals surface area contributed by atoms with Crippen molar-refractivity contribution in [2.75, 3.05) is 16.8 Å². The topological polar surface area (TPSA) is 6.48 Å². The Kier molecular flexibility index (Phi) is 5.87. The minimum Gasteiger partial charge on any atom is -0.352 e. The zero-order chi connectivity index (χ0) is 26.6. The van der Waals surface area contributed by atoms with Crippen LogP contribution in [0.3, 0.4) is 0 Å². The zero-order valence-corrected chi connectivity index (χ0v) is 26.1. The molecule has 5 atom stereocenters. The van der Waals surface area contributed by atoms with E-state index in [9.17, 15) is 0 Å². The second kappa shape index (κ2) is 8.76. The number of fused-ring (bicyclic) bond motifs is 5. The van der Waals surface area contributed by atoms with E-state index in [1.54, 1.807) is 11.1 Å². The molecule has 2 aliphatic heterocycles. The van der Waals surface area contributed by atoms with Crippen LogP contribution in [-0.4, -0.2) is 13.2 Å². The molecule has 5 unspecified atom stereocenters. The van der Waals surface area contributed by atoms with Crippen LogP contribution < -0.4 is 9.80 Å². The molecule has 0 radical (unpaired) electrons. The Morgan fingerprint density at radius 3 is 2.05 bits per heavy atom. The number of rotatable bonds is 5. The molecule has 2 heterocycles. The summed E-state index contributed by atoms with van der Waals surface area (Å²) in [6.07, 6.45) is 12.7. The predicted molar refractivity (Wildman–Crippen MR) is 165 cm³/mol. The third-order valence-corrected chi connectivity index (χ3v) is 13.3. The quantitative estimate of drug-likeness (QED) is 0.350. The molecule has 6 aliphatic rings. The summed E-state index contributed by atoms with van der Waals surface area (Å²) in [5.74, 6) is 4.46. The van der Waals surface area contributed by atoms with E-state index in [4.69, 9.17) is 0 Å². The SMILES string of the molecule is CCCCC1C2CC3CC1CC(C2)c1cc2c(cc13)N(C)C1N2c2cc(Br)ccc2C(C)(CC)C1(C)CC. The van der Waals surface area contributed by atoms with Crippen molar-refractivity contribution in [3.63, 3.8) is 0 Å². The van der Waals surface area contributed by atoms with Crippen LogP contribution in [0.4, 0.5) is 17.1 Å². The van der Waals surface area contributed by atoms with Gasteiger partial charge in [0.05, 0.1) is 11.4 Å². The highest BCUT2D eigenvalue weighted by molar-refractivity contribution is 9.10. The number of hydrogen-bond donors (Lipinski definition) is 0. The van der Waals surface area contributed by atoms with Crippen molar-refractivity contribution in [1.82, 2.24) is 0 Å². The van der Waals surface area contributed by atoms with Crippen molar-refractivity contribution in [3.05, 3.63) is 51.5 Å². The number of anilines is 3. The van der Waals surface area contributed by atoms with Gasteiger partial charge in [0.25, 0.3) is 0 Å². The molecule has 0 saturated heterocycles. The van der Waals surface area contributed by atoms with Crippen LogP contribution in [0.15, 0.2) is 34.8 Å². The standard InChI is InChI=1S/C35H47BrN2/c1-7-10-11-26-21-14-23-15-22(26)17-24(16-21)28-20-32-31(19-27(23)28)37(6)33-35(5,9-3)34(4,8-2)29-13-12-25(36)18-30(29)38(32)33/h12-13,18-24,26,33H,7-11,14-17H2,1-6H3. The minimum absolute atomic E-state index is 0.123. The molecule has 0 N–H and O–H groups in total. The fraction of sp³-hybridized carbons (Fsp3) is 0.657. The van der Waals surface area contributed by atoms with E-state index >= 15 is 0 Å². The largest absolute Gasteiger partial charge is 0.352 e. The molecule has 0 spiro atoms. The molecule has 0 amide bonds. The average molecular weight is 576 g/mol. The van der Waals surface area contributed by atoms with Crippen LogP contribution in [0.2, 0.25) is 0 Å². The van der Waals surface area contributed by atoms with E-state index in [0.717, 1.165) is 36.0 Å². The van der Waals surface area contributed by atoms with Gasteiger partial charge in [-0.3, -0.25) is 0 Å². The van der Waals surface area contributed by atoms with Crippen molar-refractivity contribution in [3.8, 4) is 0 Å². The Balaban J connectivity index is 1.38. The first-order valence-corrected chi connectivity index (χ1v) is 16.5. The molecule has 2 aromatic rings. The average Bonchev–Trinajstić information content (AvgIpc) is 3.07.